The Morgan fingerprint density at radius 1 is 1.58 bits per heavy atom. The predicted octanol–water partition coefficient (Wildman–Crippen LogP) is 1.31. The van der Waals surface area contributed by atoms with Crippen LogP contribution in [0.1, 0.15) is 0 Å². The summed E-state index contributed by atoms with van der Waals surface area (Å²) in [5, 5.41) is 12.6. The summed E-state index contributed by atoms with van der Waals surface area (Å²) in [7, 11) is 0. The second-order valence-electron chi connectivity index (χ2n) is 2.30. The summed E-state index contributed by atoms with van der Waals surface area (Å²) in [5.74, 6) is 0.590. The second kappa shape index (κ2) is 2.99. The van der Waals surface area contributed by atoms with E-state index in [4.69, 9.17) is 0 Å². The first kappa shape index (κ1) is 7.94. The third-order valence-electron chi connectivity index (χ3n) is 1.47. The van der Waals surface area contributed by atoms with Crippen LogP contribution in [0.3, 0.4) is 0 Å². The number of carbonyl (C=O) groups is 1. The van der Waals surface area contributed by atoms with E-state index in [0.717, 1.165) is 9.64 Å². The van der Waals surface area contributed by atoms with Crippen molar-refractivity contribution >= 4 is 35.5 Å². The molecule has 0 aromatic heterocycles. The number of Topliss-reactive ketones (excluding diaryl/α,β-unsaturated/α-hetero) is 1. The first-order valence-electron chi connectivity index (χ1n) is 3.31. The van der Waals surface area contributed by atoms with Crippen molar-refractivity contribution in [2.45, 2.75) is 0 Å². The number of ketones is 1. The Morgan fingerprint density at radius 3 is 3.25 bits per heavy atom. The summed E-state index contributed by atoms with van der Waals surface area (Å²) in [5.41, 5.74) is 0. The molecule has 0 atom stereocenters. The molecular formula is C7H5NO2S2. The average Bonchev–Trinajstić information content (AvgIpc) is 2.31. The summed E-state index contributed by atoms with van der Waals surface area (Å²) in [6.45, 7) is 0. The maximum atomic E-state index is 11.2. The summed E-state index contributed by atoms with van der Waals surface area (Å²) >= 11 is 2.75. The monoisotopic (exact) mass is 199 g/mol. The fourth-order valence-corrected chi connectivity index (χ4v) is 2.90. The van der Waals surface area contributed by atoms with Gasteiger partial charge in [0.05, 0.1) is 15.6 Å². The number of thioether (sulfide) groups is 2. The summed E-state index contributed by atoms with van der Waals surface area (Å²) < 4.78 is 0.723. The molecule has 12 heavy (non-hydrogen) atoms. The summed E-state index contributed by atoms with van der Waals surface area (Å²) in [6, 6.07) is 0. The van der Waals surface area contributed by atoms with Crippen LogP contribution in [0.5, 0.6) is 0 Å². The summed E-state index contributed by atoms with van der Waals surface area (Å²) in [6.07, 6.45) is 2.85. The molecule has 0 N–H and O–H groups in total. The molecule has 5 heteroatoms. The lowest BCUT2D eigenvalue weighted by Crippen LogP contribution is -1.95. The standard InChI is InChI=1S/C7H5NO2S2/c9-5-4-12-6-3-8(10)1-2-11-7(5)6/h1-3H,4H2. The van der Waals surface area contributed by atoms with Gasteiger partial charge in [-0.2, -0.15) is 4.74 Å². The van der Waals surface area contributed by atoms with Crippen molar-refractivity contribution in [1.29, 1.82) is 0 Å². The van der Waals surface area contributed by atoms with Gasteiger partial charge in [-0.05, 0) is 0 Å². The van der Waals surface area contributed by atoms with Crippen molar-refractivity contribution in [2.75, 3.05) is 5.75 Å². The molecule has 0 unspecified atom stereocenters. The van der Waals surface area contributed by atoms with E-state index >= 15 is 0 Å². The number of hydrogen-bond donors (Lipinski definition) is 0. The van der Waals surface area contributed by atoms with Gasteiger partial charge in [-0.25, -0.2) is 0 Å². The van der Waals surface area contributed by atoms with E-state index in [9.17, 15) is 10.0 Å². The zero-order valence-corrected chi connectivity index (χ0v) is 7.65. The van der Waals surface area contributed by atoms with Crippen LogP contribution in [0.25, 0.3) is 0 Å². The van der Waals surface area contributed by atoms with Gasteiger partial charge in [0.25, 0.3) is 0 Å². The molecule has 0 aromatic rings. The SMILES string of the molecule is O=C1CSC2=C1SC=C[N+]([O-])=C2. The largest absolute Gasteiger partial charge is 0.619 e. The van der Waals surface area contributed by atoms with E-state index in [0.29, 0.717) is 10.7 Å². The molecule has 0 aliphatic carbocycles. The number of nitrogens with zero attached hydrogens (tertiary/aromatic N) is 1. The van der Waals surface area contributed by atoms with Crippen LogP contribution in [0.4, 0.5) is 0 Å². The number of hydroxylamine groups is 1. The molecule has 62 valence electrons. The van der Waals surface area contributed by atoms with Crippen LogP contribution >= 0.6 is 23.5 Å². The molecule has 0 saturated heterocycles. The quantitative estimate of drug-likeness (QED) is 0.436. The van der Waals surface area contributed by atoms with Crippen molar-refractivity contribution in [3.05, 3.63) is 26.6 Å². The summed E-state index contributed by atoms with van der Waals surface area (Å²) in [4.78, 5) is 12.7. The maximum absolute atomic E-state index is 11.2. The third kappa shape index (κ3) is 1.30. The zero-order valence-electron chi connectivity index (χ0n) is 6.02. The number of allylic oxidation sites excluding steroid dienone is 2. The minimum absolute atomic E-state index is 0.121. The van der Waals surface area contributed by atoms with E-state index in [2.05, 4.69) is 0 Å². The molecule has 0 aromatic carbocycles. The van der Waals surface area contributed by atoms with Gasteiger partial charge in [-0.3, -0.25) is 4.79 Å². The Bertz CT molecular complexity index is 330. The molecule has 0 amide bonds. The van der Waals surface area contributed by atoms with Crippen LogP contribution in [0, 0.1) is 5.21 Å². The van der Waals surface area contributed by atoms with Gasteiger partial charge in [0.2, 0.25) is 0 Å². The zero-order chi connectivity index (χ0) is 8.55. The molecule has 2 rings (SSSR count). The molecule has 2 aliphatic rings. The van der Waals surface area contributed by atoms with Gasteiger partial charge in [-0.15, -0.1) is 11.8 Å². The molecule has 0 saturated carbocycles. The molecule has 0 spiro atoms. The van der Waals surface area contributed by atoms with Crippen LogP contribution in [-0.2, 0) is 4.79 Å². The van der Waals surface area contributed by atoms with Crippen LogP contribution in [0.2, 0.25) is 0 Å². The third-order valence-corrected chi connectivity index (χ3v) is 3.57. The number of hydrogen-bond acceptors (Lipinski definition) is 4. The highest BCUT2D eigenvalue weighted by molar-refractivity contribution is 8.11. The van der Waals surface area contributed by atoms with Crippen LogP contribution < -0.4 is 0 Å². The van der Waals surface area contributed by atoms with Gasteiger partial charge in [0.15, 0.2) is 18.2 Å². The van der Waals surface area contributed by atoms with Gasteiger partial charge in [0.1, 0.15) is 0 Å². The van der Waals surface area contributed by atoms with Crippen molar-refractivity contribution in [2.24, 2.45) is 0 Å². The Morgan fingerprint density at radius 2 is 2.42 bits per heavy atom. The maximum Gasteiger partial charge on any atom is 0.195 e. The van der Waals surface area contributed by atoms with Crippen molar-refractivity contribution in [3.8, 4) is 0 Å². The molecule has 0 fully saturated rings. The first-order valence-corrected chi connectivity index (χ1v) is 5.18. The van der Waals surface area contributed by atoms with E-state index in [1.807, 2.05) is 0 Å². The topological polar surface area (TPSA) is 43.1 Å². The van der Waals surface area contributed by atoms with E-state index < -0.39 is 0 Å². The van der Waals surface area contributed by atoms with Crippen molar-refractivity contribution in [3.63, 3.8) is 0 Å². The van der Waals surface area contributed by atoms with Gasteiger partial charge in [0, 0.05) is 5.41 Å². The lowest BCUT2D eigenvalue weighted by atomic mass is 10.4. The van der Waals surface area contributed by atoms with Gasteiger partial charge >= 0.3 is 0 Å². The number of carbonyl (C=O) groups excluding carboxylic acids is 1. The highest BCUT2D eigenvalue weighted by atomic mass is 32.2. The molecular weight excluding hydrogens is 194 g/mol. The minimum atomic E-state index is 0.121. The van der Waals surface area contributed by atoms with E-state index in [1.165, 1.54) is 35.9 Å². The predicted molar refractivity (Wildman–Crippen MR) is 50.9 cm³/mol. The Hall–Kier alpha value is -0.680. The van der Waals surface area contributed by atoms with Gasteiger partial charge < -0.3 is 5.21 Å². The molecule has 3 nitrogen and oxygen atoms in total. The van der Waals surface area contributed by atoms with E-state index in [1.54, 1.807) is 5.41 Å². The lowest BCUT2D eigenvalue weighted by Gasteiger charge is -1.93. The number of rotatable bonds is 0. The van der Waals surface area contributed by atoms with Crippen molar-refractivity contribution < 1.29 is 9.53 Å². The molecule has 2 heterocycles. The highest BCUT2D eigenvalue weighted by Gasteiger charge is 2.25. The molecule has 0 radical (unpaired) electrons. The van der Waals surface area contributed by atoms with E-state index in [-0.39, 0.29) is 5.78 Å². The second-order valence-corrected chi connectivity index (χ2v) is 4.23. The Labute approximate surface area is 77.8 Å². The molecule has 0 bridgehead atoms. The average molecular weight is 199 g/mol. The first-order chi connectivity index (χ1) is 5.77. The Balaban J connectivity index is 2.42. The fraction of sp³-hybridized carbons (Fsp3) is 0.143. The minimum Gasteiger partial charge on any atom is -0.619 e. The smallest absolute Gasteiger partial charge is 0.195 e. The molecule has 2 aliphatic heterocycles. The van der Waals surface area contributed by atoms with Crippen molar-refractivity contribution in [1.82, 2.24) is 0 Å². The fourth-order valence-electron chi connectivity index (χ4n) is 0.949. The Kier molecular flexibility index (Phi) is 1.98. The normalized spacial score (nSPS) is 22.3. The lowest BCUT2D eigenvalue weighted by molar-refractivity contribution is -0.371. The van der Waals surface area contributed by atoms with Gasteiger partial charge in [-0.1, -0.05) is 11.8 Å². The van der Waals surface area contributed by atoms with Crippen LogP contribution in [0.15, 0.2) is 21.4 Å². The van der Waals surface area contributed by atoms with Crippen LogP contribution in [-0.4, -0.2) is 22.5 Å². The highest BCUT2D eigenvalue weighted by Crippen LogP contribution is 2.36.